The Hall–Kier alpha value is -5.04. The average molecular weight is 518 g/mol. The van der Waals surface area contributed by atoms with Crippen LogP contribution in [0.3, 0.4) is 0 Å². The van der Waals surface area contributed by atoms with E-state index in [1.807, 2.05) is 49.4 Å². The highest BCUT2D eigenvalue weighted by Gasteiger charge is 2.33. The van der Waals surface area contributed by atoms with Crippen LogP contribution in [-0.2, 0) is 16.0 Å². The van der Waals surface area contributed by atoms with Crippen LogP contribution in [0.2, 0.25) is 0 Å². The summed E-state index contributed by atoms with van der Waals surface area (Å²) in [7, 11) is 0. The largest absolute Gasteiger partial charge is 0.355 e. The van der Waals surface area contributed by atoms with Crippen molar-refractivity contribution in [3.8, 4) is 0 Å². The smallest absolute Gasteiger partial charge is 0.221 e. The molecule has 0 heterocycles. The van der Waals surface area contributed by atoms with Crippen molar-refractivity contribution in [3.63, 3.8) is 0 Å². The molecule has 7 heteroatoms. The van der Waals surface area contributed by atoms with Gasteiger partial charge in [0.1, 0.15) is 5.78 Å². The predicted octanol–water partition coefficient (Wildman–Crippen LogP) is 6.35. The lowest BCUT2D eigenvalue weighted by atomic mass is 9.81. The molecular formula is C32H27N3O4. The Morgan fingerprint density at radius 3 is 2.10 bits per heavy atom. The third-order valence-electron chi connectivity index (χ3n) is 6.47. The van der Waals surface area contributed by atoms with E-state index in [-0.39, 0.29) is 23.3 Å². The van der Waals surface area contributed by atoms with Gasteiger partial charge in [0, 0.05) is 52.8 Å². The Kier molecular flexibility index (Phi) is 6.81. The van der Waals surface area contributed by atoms with Gasteiger partial charge in [-0.05, 0) is 73.5 Å². The number of nitrogens with one attached hydrogen (secondary N) is 3. The van der Waals surface area contributed by atoms with Gasteiger partial charge in [0.05, 0.1) is 11.3 Å². The minimum Gasteiger partial charge on any atom is -0.355 e. The van der Waals surface area contributed by atoms with Gasteiger partial charge in [-0.2, -0.15) is 0 Å². The first kappa shape index (κ1) is 25.6. The second-order valence-electron chi connectivity index (χ2n) is 9.69. The zero-order chi connectivity index (χ0) is 27.7. The number of anilines is 5. The number of hydrogen-bond donors (Lipinski definition) is 3. The van der Waals surface area contributed by atoms with Crippen molar-refractivity contribution in [1.82, 2.24) is 0 Å². The highest BCUT2D eigenvalue weighted by molar-refractivity contribution is 6.31. The van der Waals surface area contributed by atoms with Gasteiger partial charge in [0.2, 0.25) is 5.91 Å². The lowest BCUT2D eigenvalue weighted by Gasteiger charge is -2.23. The average Bonchev–Trinajstić information content (AvgIpc) is 2.86. The van der Waals surface area contributed by atoms with Crippen molar-refractivity contribution in [2.45, 2.75) is 27.2 Å². The third kappa shape index (κ3) is 5.33. The van der Waals surface area contributed by atoms with Crippen LogP contribution < -0.4 is 16.0 Å². The molecule has 4 aromatic carbocycles. The molecule has 4 aromatic rings. The molecule has 0 unspecified atom stereocenters. The molecule has 1 aliphatic carbocycles. The molecule has 1 amide bonds. The van der Waals surface area contributed by atoms with E-state index in [1.165, 1.54) is 6.92 Å². The molecular weight excluding hydrogens is 490 g/mol. The van der Waals surface area contributed by atoms with E-state index in [2.05, 4.69) is 16.0 Å². The van der Waals surface area contributed by atoms with Crippen LogP contribution in [0, 0.1) is 6.92 Å². The first-order valence-electron chi connectivity index (χ1n) is 12.6. The van der Waals surface area contributed by atoms with Crippen LogP contribution in [-0.4, -0.2) is 23.3 Å². The summed E-state index contributed by atoms with van der Waals surface area (Å²) in [4.78, 5) is 50.5. The van der Waals surface area contributed by atoms with Crippen molar-refractivity contribution in [3.05, 3.63) is 112 Å². The molecule has 0 saturated heterocycles. The number of fused-ring (bicyclic) bond motifs is 2. The molecule has 0 atom stereocenters. The van der Waals surface area contributed by atoms with Crippen molar-refractivity contribution in [2.24, 2.45) is 0 Å². The number of Topliss-reactive ketones (excluding diaryl/α,β-unsaturated/α-hetero) is 1. The van der Waals surface area contributed by atoms with Gasteiger partial charge in [-0.15, -0.1) is 0 Å². The number of carbonyl (C=O) groups is 4. The number of amides is 1. The Balaban J connectivity index is 1.48. The maximum Gasteiger partial charge on any atom is 0.221 e. The fourth-order valence-corrected chi connectivity index (χ4v) is 4.95. The summed E-state index contributed by atoms with van der Waals surface area (Å²) in [5.41, 5.74) is 6.23. The molecule has 5 rings (SSSR count). The normalized spacial score (nSPS) is 11.9. The van der Waals surface area contributed by atoms with E-state index in [9.17, 15) is 19.2 Å². The first-order valence-corrected chi connectivity index (χ1v) is 12.6. The van der Waals surface area contributed by atoms with E-state index in [1.54, 1.807) is 43.3 Å². The lowest BCUT2D eigenvalue weighted by Crippen LogP contribution is -2.23. The van der Waals surface area contributed by atoms with Crippen LogP contribution in [0.15, 0.2) is 78.9 Å². The van der Waals surface area contributed by atoms with E-state index in [4.69, 9.17) is 0 Å². The molecule has 39 heavy (non-hydrogen) atoms. The van der Waals surface area contributed by atoms with E-state index < -0.39 is 0 Å². The van der Waals surface area contributed by atoms with Gasteiger partial charge >= 0.3 is 0 Å². The van der Waals surface area contributed by atoms with E-state index >= 15 is 0 Å². The fraction of sp³-hybridized carbons (Fsp3) is 0.125. The lowest BCUT2D eigenvalue weighted by molar-refractivity contribution is -0.116. The highest BCUT2D eigenvalue weighted by atomic mass is 16.2. The summed E-state index contributed by atoms with van der Waals surface area (Å²) < 4.78 is 0. The minimum absolute atomic E-state index is 0.0615. The van der Waals surface area contributed by atoms with Crippen LogP contribution >= 0.6 is 0 Å². The third-order valence-corrected chi connectivity index (χ3v) is 6.47. The van der Waals surface area contributed by atoms with Crippen molar-refractivity contribution >= 4 is 51.7 Å². The highest BCUT2D eigenvalue weighted by Crippen LogP contribution is 2.37. The van der Waals surface area contributed by atoms with Gasteiger partial charge in [0.15, 0.2) is 11.6 Å². The Labute approximate surface area is 226 Å². The van der Waals surface area contributed by atoms with Gasteiger partial charge in [-0.25, -0.2) is 0 Å². The Bertz CT molecular complexity index is 1670. The second-order valence-corrected chi connectivity index (χ2v) is 9.69. The van der Waals surface area contributed by atoms with Gasteiger partial charge in [0.25, 0.3) is 0 Å². The Morgan fingerprint density at radius 2 is 1.36 bits per heavy atom. The van der Waals surface area contributed by atoms with E-state index in [0.717, 1.165) is 16.9 Å². The molecule has 7 nitrogen and oxygen atoms in total. The summed E-state index contributed by atoms with van der Waals surface area (Å²) in [5, 5.41) is 9.31. The molecule has 0 bridgehead atoms. The molecule has 0 saturated carbocycles. The summed E-state index contributed by atoms with van der Waals surface area (Å²) in [6.07, 6.45) is 0.320. The number of benzene rings is 4. The summed E-state index contributed by atoms with van der Waals surface area (Å²) in [6.45, 7) is 4.80. The van der Waals surface area contributed by atoms with Gasteiger partial charge < -0.3 is 16.0 Å². The molecule has 194 valence electrons. The maximum atomic E-state index is 13.8. The topological polar surface area (TPSA) is 104 Å². The van der Waals surface area contributed by atoms with Gasteiger partial charge in [-0.3, -0.25) is 19.2 Å². The summed E-state index contributed by atoms with van der Waals surface area (Å²) >= 11 is 0. The molecule has 0 spiro atoms. The van der Waals surface area contributed by atoms with Gasteiger partial charge in [-0.1, -0.05) is 30.3 Å². The number of ketones is 3. The van der Waals surface area contributed by atoms with E-state index in [0.29, 0.717) is 51.3 Å². The summed E-state index contributed by atoms with van der Waals surface area (Å²) in [5.74, 6) is -0.560. The van der Waals surface area contributed by atoms with Crippen LogP contribution in [0.1, 0.15) is 56.8 Å². The molecule has 0 radical (unpaired) electrons. The number of aryl methyl sites for hydroxylation is 1. The standard InChI is InChI=1S/C32H27N3O4/c1-18-13-25(34-24-10-5-9-23(16-24)33-20(3)37)17-27-29(18)32(39)30-26(31(27)38)11-6-12-28(30)35-22-8-4-7-21(15-22)14-19(2)36/h4-13,15-17,34-35H,14H2,1-3H3,(H,33,37). The van der Waals surface area contributed by atoms with Crippen LogP contribution in [0.4, 0.5) is 28.4 Å². The monoisotopic (exact) mass is 517 g/mol. The van der Waals surface area contributed by atoms with Crippen LogP contribution in [0.5, 0.6) is 0 Å². The quantitative estimate of drug-likeness (QED) is 0.232. The maximum absolute atomic E-state index is 13.8. The zero-order valence-electron chi connectivity index (χ0n) is 21.8. The fourth-order valence-electron chi connectivity index (χ4n) is 4.95. The first-order chi connectivity index (χ1) is 18.7. The van der Waals surface area contributed by atoms with Crippen molar-refractivity contribution in [2.75, 3.05) is 16.0 Å². The number of carbonyl (C=O) groups excluding carboxylic acids is 4. The van der Waals surface area contributed by atoms with Crippen molar-refractivity contribution in [1.29, 1.82) is 0 Å². The molecule has 0 aliphatic heterocycles. The summed E-state index contributed by atoms with van der Waals surface area (Å²) in [6, 6.07) is 23.4. The van der Waals surface area contributed by atoms with Crippen molar-refractivity contribution < 1.29 is 19.2 Å². The predicted molar refractivity (Wildman–Crippen MR) is 153 cm³/mol. The zero-order valence-corrected chi connectivity index (χ0v) is 21.8. The molecule has 0 aromatic heterocycles. The number of hydrogen-bond acceptors (Lipinski definition) is 6. The molecule has 0 fully saturated rings. The minimum atomic E-state index is -0.229. The second kappa shape index (κ2) is 10.4. The Morgan fingerprint density at radius 1 is 0.667 bits per heavy atom. The number of rotatable bonds is 7. The van der Waals surface area contributed by atoms with Crippen LogP contribution in [0.25, 0.3) is 0 Å². The molecule has 3 N–H and O–H groups in total. The molecule has 1 aliphatic rings. The SMILES string of the molecule is CC(=O)Cc1cccc(Nc2cccc3c2C(=O)c2c(C)cc(Nc4cccc(NC(C)=O)c4)cc2C3=O)c1.